The van der Waals surface area contributed by atoms with E-state index in [1.807, 2.05) is 6.92 Å². The topological polar surface area (TPSA) is 58.4 Å². The summed E-state index contributed by atoms with van der Waals surface area (Å²) in [7, 11) is 2.14. The minimum absolute atomic E-state index is 0.0590. The summed E-state index contributed by atoms with van der Waals surface area (Å²) in [6.45, 7) is 5.40. The monoisotopic (exact) mass is 213 g/mol. The van der Waals surface area contributed by atoms with Gasteiger partial charge >= 0.3 is 0 Å². The van der Waals surface area contributed by atoms with E-state index in [1.54, 1.807) is 0 Å². The number of carbonyl (C=O) groups is 1. The zero-order valence-corrected chi connectivity index (χ0v) is 9.83. The Labute approximate surface area is 92.2 Å². The molecule has 88 valence electrons. The van der Waals surface area contributed by atoms with Crippen molar-refractivity contribution < 1.29 is 4.79 Å². The third-order valence-corrected chi connectivity index (χ3v) is 3.20. The fraction of sp³-hybridized carbons (Fsp3) is 0.909. The number of piperidine rings is 1. The first kappa shape index (κ1) is 12.5. The van der Waals surface area contributed by atoms with Crippen LogP contribution in [0.25, 0.3) is 0 Å². The molecule has 1 saturated heterocycles. The van der Waals surface area contributed by atoms with E-state index in [4.69, 9.17) is 5.73 Å². The summed E-state index contributed by atoms with van der Waals surface area (Å²) in [5.74, 6) is 0.683. The molecular weight excluding hydrogens is 190 g/mol. The summed E-state index contributed by atoms with van der Waals surface area (Å²) >= 11 is 0. The Hall–Kier alpha value is -0.610. The summed E-state index contributed by atoms with van der Waals surface area (Å²) in [5, 5.41) is 2.98. The van der Waals surface area contributed by atoms with E-state index in [0.717, 1.165) is 19.6 Å². The third kappa shape index (κ3) is 4.18. The van der Waals surface area contributed by atoms with Crippen LogP contribution >= 0.6 is 0 Å². The second-order valence-electron chi connectivity index (χ2n) is 4.63. The van der Waals surface area contributed by atoms with E-state index >= 15 is 0 Å². The maximum absolute atomic E-state index is 11.5. The van der Waals surface area contributed by atoms with Gasteiger partial charge in [0.25, 0.3) is 0 Å². The SMILES string of the molecule is CC(CN)C(=O)NCC1CCN(C)CC1. The van der Waals surface area contributed by atoms with Crippen molar-refractivity contribution in [3.63, 3.8) is 0 Å². The Bertz CT molecular complexity index is 200. The van der Waals surface area contributed by atoms with E-state index in [1.165, 1.54) is 12.8 Å². The zero-order valence-electron chi connectivity index (χ0n) is 9.83. The molecule has 1 aliphatic rings. The van der Waals surface area contributed by atoms with Gasteiger partial charge in [-0.05, 0) is 38.9 Å². The van der Waals surface area contributed by atoms with Gasteiger partial charge in [-0.2, -0.15) is 0 Å². The highest BCUT2D eigenvalue weighted by molar-refractivity contribution is 5.78. The minimum atomic E-state index is -0.0590. The predicted octanol–water partition coefficient (Wildman–Crippen LogP) is 0.0392. The summed E-state index contributed by atoms with van der Waals surface area (Å²) in [6.07, 6.45) is 2.38. The lowest BCUT2D eigenvalue weighted by molar-refractivity contribution is -0.124. The van der Waals surface area contributed by atoms with Gasteiger partial charge in [-0.15, -0.1) is 0 Å². The number of hydrogen-bond acceptors (Lipinski definition) is 3. The predicted molar refractivity (Wildman–Crippen MR) is 61.4 cm³/mol. The van der Waals surface area contributed by atoms with Crippen LogP contribution in [-0.2, 0) is 4.79 Å². The highest BCUT2D eigenvalue weighted by atomic mass is 16.1. The van der Waals surface area contributed by atoms with Crippen molar-refractivity contribution in [3.05, 3.63) is 0 Å². The lowest BCUT2D eigenvalue weighted by atomic mass is 9.97. The van der Waals surface area contributed by atoms with Crippen LogP contribution in [0.3, 0.4) is 0 Å². The highest BCUT2D eigenvalue weighted by Crippen LogP contribution is 2.14. The quantitative estimate of drug-likeness (QED) is 0.693. The number of amides is 1. The number of hydrogen-bond donors (Lipinski definition) is 2. The van der Waals surface area contributed by atoms with Gasteiger partial charge in [0.15, 0.2) is 0 Å². The average Bonchev–Trinajstić information content (AvgIpc) is 2.26. The van der Waals surface area contributed by atoms with E-state index in [9.17, 15) is 4.79 Å². The van der Waals surface area contributed by atoms with Gasteiger partial charge in [-0.25, -0.2) is 0 Å². The molecule has 1 aliphatic heterocycles. The van der Waals surface area contributed by atoms with Gasteiger partial charge < -0.3 is 16.0 Å². The molecule has 0 aromatic heterocycles. The summed E-state index contributed by atoms with van der Waals surface area (Å²) in [4.78, 5) is 13.8. The number of nitrogens with two attached hydrogens (primary N) is 1. The van der Waals surface area contributed by atoms with Crippen molar-refractivity contribution in [2.45, 2.75) is 19.8 Å². The molecule has 0 radical (unpaired) electrons. The van der Waals surface area contributed by atoms with Crippen LogP contribution in [0.2, 0.25) is 0 Å². The maximum atomic E-state index is 11.5. The minimum Gasteiger partial charge on any atom is -0.356 e. The Kier molecular flexibility index (Phi) is 5.05. The third-order valence-electron chi connectivity index (χ3n) is 3.20. The van der Waals surface area contributed by atoms with Crippen molar-refractivity contribution in [2.24, 2.45) is 17.6 Å². The molecule has 1 rings (SSSR count). The molecular formula is C11H23N3O. The van der Waals surface area contributed by atoms with Gasteiger partial charge in [0.05, 0.1) is 0 Å². The molecule has 0 aromatic carbocycles. The zero-order chi connectivity index (χ0) is 11.3. The molecule has 0 aromatic rings. The standard InChI is InChI=1S/C11H23N3O/c1-9(7-12)11(15)13-8-10-3-5-14(2)6-4-10/h9-10H,3-8,12H2,1-2H3,(H,13,15). The Morgan fingerprint density at radius 1 is 1.53 bits per heavy atom. The largest absolute Gasteiger partial charge is 0.356 e. The number of nitrogens with one attached hydrogen (secondary N) is 1. The average molecular weight is 213 g/mol. The van der Waals surface area contributed by atoms with E-state index in [-0.39, 0.29) is 11.8 Å². The van der Waals surface area contributed by atoms with E-state index < -0.39 is 0 Å². The van der Waals surface area contributed by atoms with E-state index in [2.05, 4.69) is 17.3 Å². The molecule has 1 fully saturated rings. The van der Waals surface area contributed by atoms with Gasteiger partial charge in [0.1, 0.15) is 0 Å². The maximum Gasteiger partial charge on any atom is 0.224 e. The molecule has 1 heterocycles. The second kappa shape index (κ2) is 6.08. The van der Waals surface area contributed by atoms with Crippen LogP contribution in [0.1, 0.15) is 19.8 Å². The van der Waals surface area contributed by atoms with Crippen molar-refractivity contribution in [1.29, 1.82) is 0 Å². The van der Waals surface area contributed by atoms with E-state index in [0.29, 0.717) is 12.5 Å². The molecule has 1 unspecified atom stereocenters. The van der Waals surface area contributed by atoms with Crippen LogP contribution < -0.4 is 11.1 Å². The molecule has 0 aliphatic carbocycles. The molecule has 3 N–H and O–H groups in total. The molecule has 15 heavy (non-hydrogen) atoms. The lowest BCUT2D eigenvalue weighted by Crippen LogP contribution is -2.39. The van der Waals surface area contributed by atoms with Gasteiger partial charge in [-0.3, -0.25) is 4.79 Å². The van der Waals surface area contributed by atoms with Crippen molar-refractivity contribution in [1.82, 2.24) is 10.2 Å². The fourth-order valence-electron chi connectivity index (χ4n) is 1.79. The molecule has 1 amide bonds. The first-order chi connectivity index (χ1) is 7.13. The molecule has 0 bridgehead atoms. The van der Waals surface area contributed by atoms with Crippen LogP contribution in [0.15, 0.2) is 0 Å². The highest BCUT2D eigenvalue weighted by Gasteiger charge is 2.18. The normalized spacial score (nSPS) is 21.3. The Balaban J connectivity index is 2.17. The van der Waals surface area contributed by atoms with Crippen molar-refractivity contribution in [2.75, 3.05) is 33.2 Å². The summed E-state index contributed by atoms with van der Waals surface area (Å²) in [5.41, 5.74) is 5.43. The van der Waals surface area contributed by atoms with Crippen molar-refractivity contribution >= 4 is 5.91 Å². The van der Waals surface area contributed by atoms with Crippen LogP contribution in [0, 0.1) is 11.8 Å². The Morgan fingerprint density at radius 2 is 2.13 bits per heavy atom. The molecule has 4 heteroatoms. The smallest absolute Gasteiger partial charge is 0.224 e. The first-order valence-electron chi connectivity index (χ1n) is 5.79. The van der Waals surface area contributed by atoms with Gasteiger partial charge in [-0.1, -0.05) is 6.92 Å². The number of rotatable bonds is 4. The van der Waals surface area contributed by atoms with Crippen LogP contribution in [0.5, 0.6) is 0 Å². The summed E-state index contributed by atoms with van der Waals surface area (Å²) < 4.78 is 0. The lowest BCUT2D eigenvalue weighted by Gasteiger charge is -2.29. The molecule has 4 nitrogen and oxygen atoms in total. The van der Waals surface area contributed by atoms with Crippen LogP contribution in [0.4, 0.5) is 0 Å². The number of carbonyl (C=O) groups excluding carboxylic acids is 1. The van der Waals surface area contributed by atoms with Gasteiger partial charge in [0, 0.05) is 19.0 Å². The Morgan fingerprint density at radius 3 is 2.67 bits per heavy atom. The molecule has 0 spiro atoms. The first-order valence-corrected chi connectivity index (χ1v) is 5.79. The van der Waals surface area contributed by atoms with Gasteiger partial charge in [0.2, 0.25) is 5.91 Å². The molecule has 1 atom stereocenters. The van der Waals surface area contributed by atoms with Crippen molar-refractivity contribution in [3.8, 4) is 0 Å². The molecule has 0 saturated carbocycles. The van der Waals surface area contributed by atoms with Crippen LogP contribution in [-0.4, -0.2) is 44.0 Å². The summed E-state index contributed by atoms with van der Waals surface area (Å²) in [6, 6.07) is 0. The number of nitrogens with zero attached hydrogens (tertiary/aromatic N) is 1. The second-order valence-corrected chi connectivity index (χ2v) is 4.63. The fourth-order valence-corrected chi connectivity index (χ4v) is 1.79. The number of likely N-dealkylation sites (tertiary alicyclic amines) is 1.